The molecule has 0 aromatic heterocycles. The third kappa shape index (κ3) is 2.21. The fourth-order valence-corrected chi connectivity index (χ4v) is 4.47. The highest BCUT2D eigenvalue weighted by Crippen LogP contribution is 2.34. The number of carbonyl (C=O) groups is 2. The van der Waals surface area contributed by atoms with Gasteiger partial charge in [0, 0.05) is 0 Å². The number of fused-ring (bicyclic) bond motifs is 3. The predicted octanol–water partition coefficient (Wildman–Crippen LogP) is -2.37. The van der Waals surface area contributed by atoms with Crippen molar-refractivity contribution < 1.29 is 34.2 Å². The second-order valence-corrected chi connectivity index (χ2v) is 6.94. The number of hydrogen-bond acceptors (Lipinski definition) is 3. The van der Waals surface area contributed by atoms with Gasteiger partial charge in [-0.25, -0.2) is 9.18 Å². The van der Waals surface area contributed by atoms with Crippen molar-refractivity contribution in [2.75, 3.05) is 32.1 Å². The number of nitrogens with one attached hydrogen (secondary N) is 2. The zero-order chi connectivity index (χ0) is 16.1. The predicted molar refractivity (Wildman–Crippen MR) is 80.5 cm³/mol. The topological polar surface area (TPSA) is 79.9 Å². The molecule has 1 atom stereocenters. The fraction of sp³-hybridized carbons (Fsp3) is 0.333. The van der Waals surface area contributed by atoms with Crippen LogP contribution in [0.2, 0.25) is 0 Å². The van der Waals surface area contributed by atoms with Crippen molar-refractivity contribution in [2.45, 2.75) is 0 Å². The molecule has 120 valence electrons. The summed E-state index contributed by atoms with van der Waals surface area (Å²) in [6.07, 6.45) is 0. The van der Waals surface area contributed by atoms with E-state index in [2.05, 4.69) is 5.32 Å². The van der Waals surface area contributed by atoms with Crippen LogP contribution in [0.4, 0.5) is 15.8 Å². The molecule has 3 aliphatic rings. The molecule has 6 nitrogen and oxygen atoms in total. The molecule has 0 saturated carbocycles. The van der Waals surface area contributed by atoms with Crippen LogP contribution >= 0.6 is 11.8 Å². The monoisotopic (exact) mass is 338 g/mol. The number of ketones is 1. The second kappa shape index (κ2) is 5.41. The van der Waals surface area contributed by atoms with Gasteiger partial charge < -0.3 is 10.4 Å². The number of rotatable bonds is 2. The average Bonchev–Trinajstić information content (AvgIpc) is 2.51. The van der Waals surface area contributed by atoms with E-state index in [1.54, 1.807) is 6.07 Å². The molecule has 3 aliphatic heterocycles. The number of benzene rings is 1. The molecule has 1 aromatic carbocycles. The lowest BCUT2D eigenvalue weighted by molar-refractivity contribution is -0.896. The largest absolute Gasteiger partial charge is 0.477 e. The molecule has 2 saturated heterocycles. The second-order valence-electron chi connectivity index (χ2n) is 5.95. The molecule has 1 aromatic rings. The van der Waals surface area contributed by atoms with Crippen molar-refractivity contribution in [3.05, 3.63) is 34.1 Å². The SMILES string of the molecule is O=C(O)C1=C2SC[NH+]2c2cc([NH+]3CC[NH2+]CC3)c(F)cc2C1=O. The standard InChI is InChI=1S/C15H14FN3O3S/c16-9-5-8-10(6-11(9)18-3-1-17-2-4-18)19-7-23-14(19)12(13(8)20)15(21)22/h5-6,17H,1-4,7H2,(H,21,22)/p+3. The molecule has 5 N–H and O–H groups in total. The van der Waals surface area contributed by atoms with Gasteiger partial charge in [0.1, 0.15) is 32.1 Å². The number of carboxylic acid groups (broad SMARTS) is 1. The Morgan fingerprint density at radius 1 is 1.26 bits per heavy atom. The van der Waals surface area contributed by atoms with Gasteiger partial charge in [-0.15, -0.1) is 0 Å². The first kappa shape index (κ1) is 14.8. The minimum absolute atomic E-state index is 0.186. The molecule has 0 spiro atoms. The average molecular weight is 338 g/mol. The van der Waals surface area contributed by atoms with E-state index in [1.165, 1.54) is 17.8 Å². The third-order valence-electron chi connectivity index (χ3n) is 4.66. The first-order chi connectivity index (χ1) is 11.1. The zero-order valence-corrected chi connectivity index (χ0v) is 13.1. The number of quaternary nitrogens is 3. The summed E-state index contributed by atoms with van der Waals surface area (Å²) >= 11 is 1.37. The lowest BCUT2D eigenvalue weighted by Crippen LogP contribution is -3.17. The van der Waals surface area contributed by atoms with Gasteiger partial charge in [-0.1, -0.05) is 0 Å². The van der Waals surface area contributed by atoms with Crippen LogP contribution in [0, 0.1) is 5.82 Å². The van der Waals surface area contributed by atoms with Gasteiger partial charge >= 0.3 is 5.97 Å². The Labute approximate surface area is 135 Å². The highest BCUT2D eigenvalue weighted by molar-refractivity contribution is 8.03. The van der Waals surface area contributed by atoms with E-state index in [-0.39, 0.29) is 11.1 Å². The van der Waals surface area contributed by atoms with Gasteiger partial charge in [0.05, 0.1) is 11.6 Å². The summed E-state index contributed by atoms with van der Waals surface area (Å²) in [6.45, 7) is 3.59. The Bertz CT molecular complexity index is 759. The molecule has 0 radical (unpaired) electrons. The maximum atomic E-state index is 14.5. The van der Waals surface area contributed by atoms with Crippen LogP contribution in [0.15, 0.2) is 22.7 Å². The fourth-order valence-electron chi connectivity index (χ4n) is 3.44. The Balaban J connectivity index is 1.80. The first-order valence-corrected chi connectivity index (χ1v) is 8.58. The van der Waals surface area contributed by atoms with Gasteiger partial charge in [0.15, 0.2) is 27.8 Å². The zero-order valence-electron chi connectivity index (χ0n) is 12.3. The highest BCUT2D eigenvalue weighted by Gasteiger charge is 2.47. The molecule has 3 heterocycles. The van der Waals surface area contributed by atoms with Crippen molar-refractivity contribution in [3.8, 4) is 0 Å². The van der Waals surface area contributed by atoms with Crippen LogP contribution in [0.25, 0.3) is 0 Å². The summed E-state index contributed by atoms with van der Waals surface area (Å²) in [6, 6.07) is 2.99. The number of thioether (sulfide) groups is 1. The Morgan fingerprint density at radius 3 is 2.61 bits per heavy atom. The van der Waals surface area contributed by atoms with Crippen molar-refractivity contribution in [1.82, 2.24) is 0 Å². The van der Waals surface area contributed by atoms with E-state index in [9.17, 15) is 19.1 Å². The van der Waals surface area contributed by atoms with Crippen LogP contribution in [0.3, 0.4) is 0 Å². The summed E-state index contributed by atoms with van der Waals surface area (Å²) in [5.74, 6) is -1.57. The van der Waals surface area contributed by atoms with E-state index in [4.69, 9.17) is 0 Å². The summed E-state index contributed by atoms with van der Waals surface area (Å²) < 4.78 is 14.5. The van der Waals surface area contributed by atoms with Crippen molar-refractivity contribution in [2.24, 2.45) is 0 Å². The van der Waals surface area contributed by atoms with Crippen LogP contribution in [0.5, 0.6) is 0 Å². The van der Waals surface area contributed by atoms with Gasteiger partial charge in [0.25, 0.3) is 0 Å². The molecular formula is C15H17FN3O3S+3. The summed E-state index contributed by atoms with van der Waals surface area (Å²) in [7, 11) is 0. The number of carbonyl (C=O) groups excluding carboxylic acids is 1. The van der Waals surface area contributed by atoms with E-state index >= 15 is 0 Å². The molecular weight excluding hydrogens is 321 g/mol. The maximum absolute atomic E-state index is 14.5. The first-order valence-electron chi connectivity index (χ1n) is 7.60. The van der Waals surface area contributed by atoms with Gasteiger partial charge in [-0.2, -0.15) is 0 Å². The number of nitrogens with two attached hydrogens (primary N) is 1. The Morgan fingerprint density at radius 2 is 2.00 bits per heavy atom. The van der Waals surface area contributed by atoms with Crippen LogP contribution in [-0.4, -0.2) is 48.9 Å². The molecule has 8 heteroatoms. The minimum Gasteiger partial charge on any atom is -0.477 e. The summed E-state index contributed by atoms with van der Waals surface area (Å²) in [5.41, 5.74) is 1.28. The van der Waals surface area contributed by atoms with Crippen molar-refractivity contribution >= 4 is 34.9 Å². The number of halogens is 1. The quantitative estimate of drug-likeness (QED) is 0.455. The molecule has 2 fully saturated rings. The normalized spacial score (nSPS) is 24.0. The van der Waals surface area contributed by atoms with Crippen LogP contribution in [-0.2, 0) is 4.79 Å². The molecule has 0 aliphatic carbocycles. The molecule has 0 amide bonds. The van der Waals surface area contributed by atoms with E-state index in [1.807, 2.05) is 0 Å². The number of hydrogen-bond donors (Lipinski definition) is 4. The number of Topliss-reactive ketones (excluding diaryl/α,β-unsaturated/α-hetero) is 1. The van der Waals surface area contributed by atoms with E-state index in [0.717, 1.165) is 36.0 Å². The van der Waals surface area contributed by atoms with E-state index in [0.29, 0.717) is 22.3 Å². The van der Waals surface area contributed by atoms with Crippen LogP contribution < -0.4 is 15.1 Å². The number of carboxylic acids is 1. The summed E-state index contributed by atoms with van der Waals surface area (Å²) in [4.78, 5) is 25.8. The smallest absolute Gasteiger partial charge is 0.346 e. The van der Waals surface area contributed by atoms with Crippen molar-refractivity contribution in [1.29, 1.82) is 0 Å². The van der Waals surface area contributed by atoms with Gasteiger partial charge in [0.2, 0.25) is 5.78 Å². The van der Waals surface area contributed by atoms with Gasteiger partial charge in [-0.3, -0.25) is 14.6 Å². The van der Waals surface area contributed by atoms with Crippen LogP contribution in [0.1, 0.15) is 10.4 Å². The molecule has 4 rings (SSSR count). The number of piperazine rings is 1. The number of aliphatic carboxylic acids is 1. The lowest BCUT2D eigenvalue weighted by atomic mass is 9.97. The maximum Gasteiger partial charge on any atom is 0.346 e. The third-order valence-corrected chi connectivity index (χ3v) is 5.83. The highest BCUT2D eigenvalue weighted by atomic mass is 32.2. The lowest BCUT2D eigenvalue weighted by Gasteiger charge is -2.34. The molecule has 0 bridgehead atoms. The van der Waals surface area contributed by atoms with E-state index < -0.39 is 17.6 Å². The van der Waals surface area contributed by atoms with Crippen molar-refractivity contribution in [3.63, 3.8) is 0 Å². The molecule has 1 unspecified atom stereocenters. The minimum atomic E-state index is -1.23. The molecule has 23 heavy (non-hydrogen) atoms. The van der Waals surface area contributed by atoms with Gasteiger partial charge in [-0.05, 0) is 17.8 Å². The summed E-state index contributed by atoms with van der Waals surface area (Å²) in [5, 5.41) is 12.0. The Kier molecular flexibility index (Phi) is 3.49. The Hall–Kier alpha value is -1.74.